The van der Waals surface area contributed by atoms with Crippen LogP contribution in [-0.2, 0) is 15.1 Å². The molecule has 1 atom stereocenters. The van der Waals surface area contributed by atoms with Crippen molar-refractivity contribution in [3.05, 3.63) is 35.9 Å². The monoisotopic (exact) mass is 236 g/mol. The molecule has 0 aliphatic carbocycles. The SMILES string of the molecule is CCOC(=O)CCC(O)(CC)c1ccccc1. The van der Waals surface area contributed by atoms with Crippen molar-refractivity contribution < 1.29 is 14.6 Å². The molecule has 0 aromatic heterocycles. The van der Waals surface area contributed by atoms with Crippen molar-refractivity contribution >= 4 is 5.97 Å². The Kier molecular flexibility index (Phi) is 5.16. The van der Waals surface area contributed by atoms with Crippen molar-refractivity contribution in [3.8, 4) is 0 Å². The van der Waals surface area contributed by atoms with Gasteiger partial charge in [0.15, 0.2) is 0 Å². The molecule has 17 heavy (non-hydrogen) atoms. The van der Waals surface area contributed by atoms with E-state index < -0.39 is 5.60 Å². The number of aliphatic hydroxyl groups is 1. The zero-order valence-electron chi connectivity index (χ0n) is 10.5. The van der Waals surface area contributed by atoms with E-state index in [-0.39, 0.29) is 12.4 Å². The Balaban J connectivity index is 2.67. The van der Waals surface area contributed by atoms with Gasteiger partial charge in [-0.15, -0.1) is 0 Å². The van der Waals surface area contributed by atoms with E-state index in [1.54, 1.807) is 6.92 Å². The summed E-state index contributed by atoms with van der Waals surface area (Å²) in [5.74, 6) is -0.254. The molecular formula is C14H20O3. The number of hydrogen-bond acceptors (Lipinski definition) is 3. The number of carbonyl (C=O) groups is 1. The number of benzene rings is 1. The van der Waals surface area contributed by atoms with Gasteiger partial charge in [-0.2, -0.15) is 0 Å². The van der Waals surface area contributed by atoms with E-state index in [9.17, 15) is 9.90 Å². The van der Waals surface area contributed by atoms with Gasteiger partial charge in [-0.1, -0.05) is 37.3 Å². The molecule has 3 heteroatoms. The fraction of sp³-hybridized carbons (Fsp3) is 0.500. The van der Waals surface area contributed by atoms with E-state index in [0.717, 1.165) is 5.56 Å². The second-order valence-electron chi connectivity index (χ2n) is 4.06. The Labute approximate surface area is 102 Å². The van der Waals surface area contributed by atoms with E-state index in [4.69, 9.17) is 4.74 Å². The minimum Gasteiger partial charge on any atom is -0.466 e. The summed E-state index contributed by atoms with van der Waals surface area (Å²) in [6.45, 7) is 4.08. The lowest BCUT2D eigenvalue weighted by Gasteiger charge is -2.27. The minimum atomic E-state index is -0.936. The Hall–Kier alpha value is -1.35. The number of ether oxygens (including phenoxy) is 1. The van der Waals surface area contributed by atoms with Gasteiger partial charge in [0.2, 0.25) is 0 Å². The molecule has 0 radical (unpaired) electrons. The highest BCUT2D eigenvalue weighted by atomic mass is 16.5. The van der Waals surface area contributed by atoms with E-state index in [1.165, 1.54) is 0 Å². The quantitative estimate of drug-likeness (QED) is 0.772. The maximum absolute atomic E-state index is 11.3. The molecule has 0 fully saturated rings. The van der Waals surface area contributed by atoms with Crippen molar-refractivity contribution in [2.45, 2.75) is 38.7 Å². The molecule has 0 amide bonds. The molecule has 0 aliphatic heterocycles. The van der Waals surface area contributed by atoms with Gasteiger partial charge in [0, 0.05) is 6.42 Å². The molecular weight excluding hydrogens is 216 g/mol. The number of esters is 1. The second-order valence-corrected chi connectivity index (χ2v) is 4.06. The topological polar surface area (TPSA) is 46.5 Å². The molecule has 1 rings (SSSR count). The highest BCUT2D eigenvalue weighted by Crippen LogP contribution is 2.29. The number of hydrogen-bond donors (Lipinski definition) is 1. The fourth-order valence-corrected chi connectivity index (χ4v) is 1.82. The van der Waals surface area contributed by atoms with Crippen LogP contribution in [0.2, 0.25) is 0 Å². The normalized spacial score (nSPS) is 14.1. The third-order valence-electron chi connectivity index (χ3n) is 2.94. The van der Waals surface area contributed by atoms with Gasteiger partial charge >= 0.3 is 5.97 Å². The lowest BCUT2D eigenvalue weighted by atomic mass is 9.87. The molecule has 94 valence electrons. The molecule has 1 N–H and O–H groups in total. The number of carbonyl (C=O) groups excluding carboxylic acids is 1. The smallest absolute Gasteiger partial charge is 0.305 e. The van der Waals surface area contributed by atoms with Crippen LogP contribution in [0.5, 0.6) is 0 Å². The van der Waals surface area contributed by atoms with Crippen LogP contribution in [0.3, 0.4) is 0 Å². The first-order chi connectivity index (χ1) is 8.12. The molecule has 0 saturated carbocycles. The molecule has 0 heterocycles. The van der Waals surface area contributed by atoms with Crippen LogP contribution in [0.1, 0.15) is 38.7 Å². The summed E-state index contributed by atoms with van der Waals surface area (Å²) < 4.78 is 4.87. The average Bonchev–Trinajstić information content (AvgIpc) is 2.37. The Bertz CT molecular complexity index is 348. The molecule has 0 aliphatic rings. The van der Waals surface area contributed by atoms with Crippen LogP contribution < -0.4 is 0 Å². The van der Waals surface area contributed by atoms with Gasteiger partial charge in [-0.05, 0) is 25.3 Å². The Morgan fingerprint density at radius 2 is 1.94 bits per heavy atom. The second kappa shape index (κ2) is 6.40. The van der Waals surface area contributed by atoms with Crippen molar-refractivity contribution in [1.82, 2.24) is 0 Å². The highest BCUT2D eigenvalue weighted by molar-refractivity contribution is 5.69. The summed E-state index contributed by atoms with van der Waals surface area (Å²) in [6.07, 6.45) is 1.22. The maximum Gasteiger partial charge on any atom is 0.305 e. The van der Waals surface area contributed by atoms with Crippen molar-refractivity contribution in [3.63, 3.8) is 0 Å². The maximum atomic E-state index is 11.3. The molecule has 0 bridgehead atoms. The number of rotatable bonds is 6. The van der Waals surface area contributed by atoms with Gasteiger partial charge in [0.25, 0.3) is 0 Å². The highest BCUT2D eigenvalue weighted by Gasteiger charge is 2.27. The van der Waals surface area contributed by atoms with Crippen molar-refractivity contribution in [2.24, 2.45) is 0 Å². The van der Waals surface area contributed by atoms with Crippen LogP contribution in [0.15, 0.2) is 30.3 Å². The van der Waals surface area contributed by atoms with Crippen molar-refractivity contribution in [2.75, 3.05) is 6.61 Å². The third kappa shape index (κ3) is 3.86. The van der Waals surface area contributed by atoms with Crippen LogP contribution in [0.4, 0.5) is 0 Å². The molecule has 0 spiro atoms. The van der Waals surface area contributed by atoms with Gasteiger partial charge < -0.3 is 9.84 Å². The summed E-state index contributed by atoms with van der Waals surface area (Å²) in [6, 6.07) is 9.45. The van der Waals surface area contributed by atoms with Crippen LogP contribution in [-0.4, -0.2) is 17.7 Å². The van der Waals surface area contributed by atoms with E-state index in [0.29, 0.717) is 19.4 Å². The molecule has 1 aromatic carbocycles. The van der Waals surface area contributed by atoms with Crippen LogP contribution in [0, 0.1) is 0 Å². The Morgan fingerprint density at radius 3 is 2.47 bits per heavy atom. The van der Waals surface area contributed by atoms with E-state index >= 15 is 0 Å². The molecule has 0 saturated heterocycles. The molecule has 1 aromatic rings. The summed E-state index contributed by atoms with van der Waals surface area (Å²) in [5.41, 5.74) is -0.0830. The van der Waals surface area contributed by atoms with Gasteiger partial charge in [0.05, 0.1) is 12.2 Å². The predicted molar refractivity (Wildman–Crippen MR) is 66.5 cm³/mol. The Morgan fingerprint density at radius 1 is 1.29 bits per heavy atom. The first-order valence-corrected chi connectivity index (χ1v) is 6.06. The van der Waals surface area contributed by atoms with Crippen LogP contribution in [0.25, 0.3) is 0 Å². The lowest BCUT2D eigenvalue weighted by molar-refractivity contribution is -0.144. The molecule has 3 nitrogen and oxygen atoms in total. The fourth-order valence-electron chi connectivity index (χ4n) is 1.82. The van der Waals surface area contributed by atoms with E-state index in [2.05, 4.69) is 0 Å². The predicted octanol–water partition coefficient (Wildman–Crippen LogP) is 2.63. The zero-order valence-corrected chi connectivity index (χ0v) is 10.5. The summed E-state index contributed by atoms with van der Waals surface area (Å²) in [7, 11) is 0. The standard InChI is InChI=1S/C14H20O3/c1-3-14(16,11-10-13(15)17-4-2)12-8-6-5-7-9-12/h5-9,16H,3-4,10-11H2,1-2H3. The summed E-state index contributed by atoms with van der Waals surface area (Å²) in [4.78, 5) is 11.3. The van der Waals surface area contributed by atoms with Gasteiger partial charge in [-0.25, -0.2) is 0 Å². The zero-order chi connectivity index (χ0) is 12.7. The first-order valence-electron chi connectivity index (χ1n) is 6.06. The lowest BCUT2D eigenvalue weighted by Crippen LogP contribution is -2.26. The van der Waals surface area contributed by atoms with Gasteiger partial charge in [0.1, 0.15) is 0 Å². The molecule has 1 unspecified atom stereocenters. The largest absolute Gasteiger partial charge is 0.466 e. The average molecular weight is 236 g/mol. The van der Waals surface area contributed by atoms with Crippen molar-refractivity contribution in [1.29, 1.82) is 0 Å². The van der Waals surface area contributed by atoms with Gasteiger partial charge in [-0.3, -0.25) is 4.79 Å². The van der Waals surface area contributed by atoms with Crippen LogP contribution >= 0.6 is 0 Å². The minimum absolute atomic E-state index is 0.243. The van der Waals surface area contributed by atoms with E-state index in [1.807, 2.05) is 37.3 Å². The third-order valence-corrected chi connectivity index (χ3v) is 2.94. The first kappa shape index (κ1) is 13.7. The summed E-state index contributed by atoms with van der Waals surface area (Å²) >= 11 is 0. The summed E-state index contributed by atoms with van der Waals surface area (Å²) in [5, 5.41) is 10.5.